The molecular weight excluding hydrogens is 246 g/mol. The van der Waals surface area contributed by atoms with Gasteiger partial charge in [0.15, 0.2) is 0 Å². The van der Waals surface area contributed by atoms with Gasteiger partial charge in [-0.05, 0) is 35.1 Å². The summed E-state index contributed by atoms with van der Waals surface area (Å²) in [6.45, 7) is 2.92. The molecule has 1 aliphatic rings. The molecule has 0 saturated carbocycles. The van der Waals surface area contributed by atoms with Crippen molar-refractivity contribution >= 4 is 0 Å². The van der Waals surface area contributed by atoms with Crippen LogP contribution in [0.15, 0.2) is 48.5 Å². The summed E-state index contributed by atoms with van der Waals surface area (Å²) in [5.74, 6) is 0. The maximum atomic E-state index is 6.48. The molecule has 2 nitrogen and oxygen atoms in total. The Morgan fingerprint density at radius 2 is 2.05 bits per heavy atom. The highest BCUT2D eigenvalue weighted by Crippen LogP contribution is 2.35. The highest BCUT2D eigenvalue weighted by atomic mass is 16.5. The zero-order valence-corrected chi connectivity index (χ0v) is 11.9. The smallest absolute Gasteiger partial charge is 0.102 e. The molecule has 2 aromatic carbocycles. The second kappa shape index (κ2) is 5.78. The molecule has 1 aliphatic heterocycles. The van der Waals surface area contributed by atoms with Gasteiger partial charge in [0.25, 0.3) is 0 Å². The monoisotopic (exact) mass is 267 g/mol. The van der Waals surface area contributed by atoms with E-state index in [1.807, 2.05) is 0 Å². The summed E-state index contributed by atoms with van der Waals surface area (Å²) in [7, 11) is 0. The van der Waals surface area contributed by atoms with Gasteiger partial charge in [0.1, 0.15) is 6.10 Å². The maximum Gasteiger partial charge on any atom is 0.102 e. The zero-order chi connectivity index (χ0) is 13.9. The summed E-state index contributed by atoms with van der Waals surface area (Å²) in [6.07, 6.45) is 1.98. The van der Waals surface area contributed by atoms with E-state index in [1.54, 1.807) is 0 Å². The Hall–Kier alpha value is -1.64. The molecule has 20 heavy (non-hydrogen) atoms. The lowest BCUT2D eigenvalue weighted by molar-refractivity contribution is 0.0241. The van der Waals surface area contributed by atoms with Crippen LogP contribution in [0, 0.1) is 0 Å². The number of ether oxygens (including phenoxy) is 1. The molecule has 0 amide bonds. The Morgan fingerprint density at radius 3 is 2.90 bits per heavy atom. The molecule has 1 heterocycles. The fourth-order valence-corrected chi connectivity index (χ4v) is 2.92. The quantitative estimate of drug-likeness (QED) is 0.922. The van der Waals surface area contributed by atoms with Gasteiger partial charge in [-0.3, -0.25) is 0 Å². The standard InChI is InChI=1S/C18H21NO/c1-2-13-6-5-8-15(12-13)17(19)18-16-9-4-3-7-14(16)10-11-20-18/h3-9,12,17-18H,2,10-11,19H2,1H3. The highest BCUT2D eigenvalue weighted by Gasteiger charge is 2.27. The van der Waals surface area contributed by atoms with Crippen molar-refractivity contribution < 1.29 is 4.74 Å². The third kappa shape index (κ3) is 2.49. The van der Waals surface area contributed by atoms with Crippen LogP contribution in [0.3, 0.4) is 0 Å². The van der Waals surface area contributed by atoms with Crippen LogP contribution in [-0.2, 0) is 17.6 Å². The summed E-state index contributed by atoms with van der Waals surface area (Å²) >= 11 is 0. The van der Waals surface area contributed by atoms with Crippen molar-refractivity contribution in [1.29, 1.82) is 0 Å². The van der Waals surface area contributed by atoms with Gasteiger partial charge in [0.2, 0.25) is 0 Å². The average molecular weight is 267 g/mol. The van der Waals surface area contributed by atoms with Crippen molar-refractivity contribution in [3.8, 4) is 0 Å². The first kappa shape index (κ1) is 13.3. The van der Waals surface area contributed by atoms with Crippen LogP contribution in [-0.4, -0.2) is 6.61 Å². The van der Waals surface area contributed by atoms with E-state index in [2.05, 4.69) is 55.5 Å². The van der Waals surface area contributed by atoms with Gasteiger partial charge >= 0.3 is 0 Å². The molecule has 0 radical (unpaired) electrons. The second-order valence-electron chi connectivity index (χ2n) is 5.36. The summed E-state index contributed by atoms with van der Waals surface area (Å²) < 4.78 is 5.97. The molecule has 0 saturated heterocycles. The first-order valence-corrected chi connectivity index (χ1v) is 7.33. The van der Waals surface area contributed by atoms with Crippen LogP contribution in [0.1, 0.15) is 41.3 Å². The minimum absolute atomic E-state index is 0.0351. The molecule has 2 aromatic rings. The summed E-state index contributed by atoms with van der Waals surface area (Å²) in [5.41, 5.74) is 11.6. The van der Waals surface area contributed by atoms with Gasteiger partial charge < -0.3 is 10.5 Å². The van der Waals surface area contributed by atoms with Crippen molar-refractivity contribution in [3.05, 3.63) is 70.8 Å². The molecule has 0 fully saturated rings. The van der Waals surface area contributed by atoms with Crippen molar-refractivity contribution in [2.45, 2.75) is 31.9 Å². The predicted octanol–water partition coefficient (Wildman–Crippen LogP) is 3.56. The maximum absolute atomic E-state index is 6.48. The SMILES string of the molecule is CCc1cccc(C(N)C2OCCc3ccccc32)c1. The van der Waals surface area contributed by atoms with Crippen molar-refractivity contribution in [2.75, 3.05) is 6.61 Å². The predicted molar refractivity (Wildman–Crippen MR) is 81.6 cm³/mol. The van der Waals surface area contributed by atoms with Crippen molar-refractivity contribution in [1.82, 2.24) is 0 Å². The van der Waals surface area contributed by atoms with E-state index in [0.29, 0.717) is 0 Å². The van der Waals surface area contributed by atoms with E-state index < -0.39 is 0 Å². The van der Waals surface area contributed by atoms with Gasteiger partial charge in [0, 0.05) is 0 Å². The first-order chi connectivity index (χ1) is 9.79. The lowest BCUT2D eigenvalue weighted by Gasteiger charge is -2.30. The number of benzene rings is 2. The van der Waals surface area contributed by atoms with Crippen LogP contribution in [0.25, 0.3) is 0 Å². The minimum Gasteiger partial charge on any atom is -0.371 e. The van der Waals surface area contributed by atoms with Crippen LogP contribution in [0.5, 0.6) is 0 Å². The van der Waals surface area contributed by atoms with Crippen LogP contribution in [0.2, 0.25) is 0 Å². The highest BCUT2D eigenvalue weighted by molar-refractivity contribution is 5.35. The van der Waals surface area contributed by atoms with E-state index >= 15 is 0 Å². The van der Waals surface area contributed by atoms with E-state index in [-0.39, 0.29) is 12.1 Å². The number of fused-ring (bicyclic) bond motifs is 1. The number of hydrogen-bond acceptors (Lipinski definition) is 2. The number of hydrogen-bond donors (Lipinski definition) is 1. The number of nitrogens with two attached hydrogens (primary N) is 1. The fraction of sp³-hybridized carbons (Fsp3) is 0.333. The normalized spacial score (nSPS) is 19.4. The molecule has 0 aliphatic carbocycles. The largest absolute Gasteiger partial charge is 0.371 e. The van der Waals surface area contributed by atoms with Gasteiger partial charge in [-0.25, -0.2) is 0 Å². The van der Waals surface area contributed by atoms with E-state index in [4.69, 9.17) is 10.5 Å². The molecule has 3 rings (SSSR count). The lowest BCUT2D eigenvalue weighted by atomic mass is 9.90. The molecule has 2 unspecified atom stereocenters. The molecule has 2 N–H and O–H groups in total. The Labute approximate surface area is 120 Å². The molecule has 0 spiro atoms. The van der Waals surface area contributed by atoms with Crippen LogP contribution >= 0.6 is 0 Å². The number of aryl methyl sites for hydroxylation is 1. The fourth-order valence-electron chi connectivity index (χ4n) is 2.92. The Balaban J connectivity index is 1.93. The van der Waals surface area contributed by atoms with Crippen LogP contribution in [0.4, 0.5) is 0 Å². The minimum atomic E-state index is -0.108. The van der Waals surface area contributed by atoms with Gasteiger partial charge in [0.05, 0.1) is 12.6 Å². The molecule has 0 aromatic heterocycles. The van der Waals surface area contributed by atoms with Crippen LogP contribution < -0.4 is 5.73 Å². The molecule has 2 atom stereocenters. The van der Waals surface area contributed by atoms with Gasteiger partial charge in [-0.15, -0.1) is 0 Å². The lowest BCUT2D eigenvalue weighted by Crippen LogP contribution is -2.27. The topological polar surface area (TPSA) is 35.2 Å². The first-order valence-electron chi connectivity index (χ1n) is 7.33. The van der Waals surface area contributed by atoms with E-state index in [9.17, 15) is 0 Å². The summed E-state index contributed by atoms with van der Waals surface area (Å²) in [4.78, 5) is 0. The third-order valence-electron chi connectivity index (χ3n) is 4.10. The molecule has 104 valence electrons. The molecule has 2 heteroatoms. The third-order valence-corrected chi connectivity index (χ3v) is 4.10. The summed E-state index contributed by atoms with van der Waals surface area (Å²) in [6, 6.07) is 16.9. The average Bonchev–Trinajstić information content (AvgIpc) is 2.53. The van der Waals surface area contributed by atoms with Gasteiger partial charge in [-0.2, -0.15) is 0 Å². The molecule has 0 bridgehead atoms. The van der Waals surface area contributed by atoms with Gasteiger partial charge in [-0.1, -0.05) is 55.5 Å². The Morgan fingerprint density at radius 1 is 1.20 bits per heavy atom. The van der Waals surface area contributed by atoms with Crippen molar-refractivity contribution in [3.63, 3.8) is 0 Å². The second-order valence-corrected chi connectivity index (χ2v) is 5.36. The zero-order valence-electron chi connectivity index (χ0n) is 11.9. The van der Waals surface area contributed by atoms with E-state index in [1.165, 1.54) is 16.7 Å². The molecular formula is C18H21NO. The number of rotatable bonds is 3. The Bertz CT molecular complexity index is 593. The summed E-state index contributed by atoms with van der Waals surface area (Å²) in [5, 5.41) is 0. The Kier molecular flexibility index (Phi) is 3.86. The van der Waals surface area contributed by atoms with E-state index in [0.717, 1.165) is 25.0 Å². The van der Waals surface area contributed by atoms with Crippen molar-refractivity contribution in [2.24, 2.45) is 5.73 Å².